The number of para-hydroxylation sites is 1. The summed E-state index contributed by atoms with van der Waals surface area (Å²) in [4.78, 5) is 16.2. The molecular formula is C23H20N2O3. The van der Waals surface area contributed by atoms with Gasteiger partial charge in [-0.3, -0.25) is 9.36 Å². The Morgan fingerprint density at radius 1 is 0.964 bits per heavy atom. The van der Waals surface area contributed by atoms with Crippen molar-refractivity contribution in [3.05, 3.63) is 78.9 Å². The molecule has 1 heterocycles. The van der Waals surface area contributed by atoms with Gasteiger partial charge in [-0.25, -0.2) is 4.98 Å². The van der Waals surface area contributed by atoms with E-state index in [0.29, 0.717) is 5.75 Å². The third-order valence-corrected chi connectivity index (χ3v) is 4.47. The first kappa shape index (κ1) is 17.8. The van der Waals surface area contributed by atoms with Crippen molar-refractivity contribution in [2.75, 3.05) is 13.7 Å². The number of rotatable bonds is 6. The molecule has 3 aromatic carbocycles. The van der Waals surface area contributed by atoms with E-state index in [1.807, 2.05) is 54.6 Å². The summed E-state index contributed by atoms with van der Waals surface area (Å²) in [6.45, 7) is 0.267. The zero-order chi connectivity index (χ0) is 19.3. The molecule has 140 valence electrons. The van der Waals surface area contributed by atoms with Crippen LogP contribution in [0.4, 0.5) is 0 Å². The molecule has 0 fully saturated rings. The van der Waals surface area contributed by atoms with Crippen molar-refractivity contribution in [3.8, 4) is 22.8 Å². The predicted octanol–water partition coefficient (Wildman–Crippen LogP) is 4.63. The number of carbonyl (C=O) groups excluding carboxylic acids is 1. The molecule has 0 aliphatic heterocycles. The van der Waals surface area contributed by atoms with Gasteiger partial charge in [0.25, 0.3) is 0 Å². The highest BCUT2D eigenvalue weighted by Crippen LogP contribution is 2.30. The van der Waals surface area contributed by atoms with Crippen molar-refractivity contribution in [2.45, 2.75) is 6.42 Å². The quantitative estimate of drug-likeness (QED) is 0.463. The van der Waals surface area contributed by atoms with Gasteiger partial charge in [0, 0.05) is 17.3 Å². The molecule has 0 spiro atoms. The molecule has 0 N–H and O–H groups in total. The van der Waals surface area contributed by atoms with Gasteiger partial charge in [-0.15, -0.1) is 0 Å². The van der Waals surface area contributed by atoms with E-state index in [4.69, 9.17) is 9.72 Å². The molecule has 0 unspecified atom stereocenters. The van der Waals surface area contributed by atoms with E-state index in [0.717, 1.165) is 28.1 Å². The van der Waals surface area contributed by atoms with Crippen LogP contribution in [0.3, 0.4) is 0 Å². The van der Waals surface area contributed by atoms with Crippen molar-refractivity contribution >= 4 is 17.0 Å². The number of hydrogen-bond donors (Lipinski definition) is 0. The van der Waals surface area contributed by atoms with Crippen LogP contribution < -0.4 is 4.74 Å². The molecular weight excluding hydrogens is 352 g/mol. The van der Waals surface area contributed by atoms with Crippen molar-refractivity contribution in [2.24, 2.45) is 0 Å². The van der Waals surface area contributed by atoms with E-state index in [2.05, 4.69) is 33.6 Å². The lowest BCUT2D eigenvalue weighted by Gasteiger charge is -2.10. The van der Waals surface area contributed by atoms with Gasteiger partial charge in [0.15, 0.2) is 0 Å². The molecule has 5 nitrogen and oxygen atoms in total. The zero-order valence-corrected chi connectivity index (χ0v) is 15.5. The van der Waals surface area contributed by atoms with Crippen molar-refractivity contribution in [1.29, 1.82) is 0 Å². The third-order valence-electron chi connectivity index (χ3n) is 4.47. The lowest BCUT2D eigenvalue weighted by Crippen LogP contribution is -2.07. The normalized spacial score (nSPS) is 10.8. The van der Waals surface area contributed by atoms with Crippen LogP contribution in [0.5, 0.6) is 5.75 Å². The monoisotopic (exact) mass is 372 g/mol. The molecule has 0 saturated heterocycles. The van der Waals surface area contributed by atoms with Crippen LogP contribution in [0.15, 0.2) is 78.9 Å². The largest absolute Gasteiger partial charge is 0.493 e. The fourth-order valence-electron chi connectivity index (χ4n) is 3.12. The van der Waals surface area contributed by atoms with E-state index >= 15 is 0 Å². The molecule has 1 aromatic heterocycles. The second-order valence-corrected chi connectivity index (χ2v) is 6.30. The molecule has 0 saturated carbocycles. The summed E-state index contributed by atoms with van der Waals surface area (Å²) < 4.78 is 12.5. The summed E-state index contributed by atoms with van der Waals surface area (Å²) in [5.74, 6) is 1.27. The van der Waals surface area contributed by atoms with Gasteiger partial charge >= 0.3 is 5.97 Å². The van der Waals surface area contributed by atoms with Crippen LogP contribution in [-0.4, -0.2) is 29.2 Å². The number of ether oxygens (including phenoxy) is 2. The fraction of sp³-hybridized carbons (Fsp3) is 0.130. The van der Waals surface area contributed by atoms with E-state index in [1.54, 1.807) is 0 Å². The number of fused-ring (bicyclic) bond motifs is 1. The standard InChI is InChI=1S/C23H20N2O3/c1-27-22(26)14-15-28-19-12-13-20-21(16-19)25(18-10-6-3-7-11-18)23(24-20)17-8-4-2-5-9-17/h2-13,16H,14-15H2,1H3. The van der Waals surface area contributed by atoms with Gasteiger partial charge < -0.3 is 9.47 Å². The van der Waals surface area contributed by atoms with Crippen LogP contribution in [-0.2, 0) is 9.53 Å². The molecule has 0 atom stereocenters. The number of benzene rings is 3. The molecule has 0 aliphatic carbocycles. The minimum absolute atomic E-state index is 0.210. The Morgan fingerprint density at radius 2 is 1.68 bits per heavy atom. The van der Waals surface area contributed by atoms with Gasteiger partial charge in [-0.2, -0.15) is 0 Å². The van der Waals surface area contributed by atoms with Gasteiger partial charge in [-0.05, 0) is 24.3 Å². The smallest absolute Gasteiger partial charge is 0.308 e. The number of carbonyl (C=O) groups is 1. The molecule has 0 radical (unpaired) electrons. The molecule has 0 aliphatic rings. The number of imidazole rings is 1. The van der Waals surface area contributed by atoms with E-state index in [9.17, 15) is 4.79 Å². The lowest BCUT2D eigenvalue weighted by molar-refractivity contribution is -0.141. The fourth-order valence-corrected chi connectivity index (χ4v) is 3.12. The summed E-state index contributed by atoms with van der Waals surface area (Å²) >= 11 is 0. The Bertz CT molecular complexity index is 1090. The highest BCUT2D eigenvalue weighted by atomic mass is 16.5. The van der Waals surface area contributed by atoms with E-state index in [1.165, 1.54) is 7.11 Å². The van der Waals surface area contributed by atoms with Crippen LogP contribution in [0.1, 0.15) is 6.42 Å². The van der Waals surface area contributed by atoms with Gasteiger partial charge in [0.2, 0.25) is 0 Å². The minimum Gasteiger partial charge on any atom is -0.493 e. The lowest BCUT2D eigenvalue weighted by atomic mass is 10.2. The van der Waals surface area contributed by atoms with E-state index < -0.39 is 0 Å². The first-order valence-corrected chi connectivity index (χ1v) is 9.09. The first-order chi connectivity index (χ1) is 13.8. The number of nitrogens with zero attached hydrogens (tertiary/aromatic N) is 2. The van der Waals surface area contributed by atoms with Crippen molar-refractivity contribution < 1.29 is 14.3 Å². The average molecular weight is 372 g/mol. The second-order valence-electron chi connectivity index (χ2n) is 6.30. The SMILES string of the molecule is COC(=O)CCOc1ccc2nc(-c3ccccc3)n(-c3ccccc3)c2c1. The summed E-state index contributed by atoms with van der Waals surface area (Å²) in [6, 6.07) is 26.0. The van der Waals surface area contributed by atoms with Gasteiger partial charge in [0.1, 0.15) is 11.6 Å². The Morgan fingerprint density at radius 3 is 2.39 bits per heavy atom. The number of methoxy groups -OCH3 is 1. The number of aromatic nitrogens is 2. The summed E-state index contributed by atoms with van der Waals surface area (Å²) in [6.07, 6.45) is 0.210. The van der Waals surface area contributed by atoms with Crippen LogP contribution in [0, 0.1) is 0 Å². The van der Waals surface area contributed by atoms with E-state index in [-0.39, 0.29) is 19.0 Å². The van der Waals surface area contributed by atoms with Crippen LogP contribution in [0.25, 0.3) is 28.1 Å². The minimum atomic E-state index is -0.290. The van der Waals surface area contributed by atoms with Crippen molar-refractivity contribution in [3.63, 3.8) is 0 Å². The molecule has 0 bridgehead atoms. The molecule has 0 amide bonds. The Hall–Kier alpha value is -3.60. The maximum atomic E-state index is 11.3. The number of hydrogen-bond acceptors (Lipinski definition) is 4. The molecule has 5 heteroatoms. The van der Waals surface area contributed by atoms with Gasteiger partial charge in [0.05, 0.1) is 31.2 Å². The zero-order valence-electron chi connectivity index (χ0n) is 15.5. The Labute approximate surface area is 163 Å². The summed E-state index contributed by atoms with van der Waals surface area (Å²) in [7, 11) is 1.37. The Kier molecular flexibility index (Phi) is 5.06. The van der Waals surface area contributed by atoms with Crippen LogP contribution in [0.2, 0.25) is 0 Å². The highest BCUT2D eigenvalue weighted by molar-refractivity contribution is 5.84. The van der Waals surface area contributed by atoms with Crippen molar-refractivity contribution in [1.82, 2.24) is 9.55 Å². The summed E-state index contributed by atoms with van der Waals surface area (Å²) in [5.41, 5.74) is 3.88. The summed E-state index contributed by atoms with van der Waals surface area (Å²) in [5, 5.41) is 0. The number of esters is 1. The maximum absolute atomic E-state index is 11.3. The highest BCUT2D eigenvalue weighted by Gasteiger charge is 2.15. The molecule has 4 aromatic rings. The maximum Gasteiger partial charge on any atom is 0.308 e. The van der Waals surface area contributed by atoms with Crippen LogP contribution >= 0.6 is 0 Å². The molecule has 28 heavy (non-hydrogen) atoms. The topological polar surface area (TPSA) is 53.4 Å². The second kappa shape index (κ2) is 7.96. The first-order valence-electron chi connectivity index (χ1n) is 9.09. The molecule has 4 rings (SSSR count). The third kappa shape index (κ3) is 3.60. The van der Waals surface area contributed by atoms with Gasteiger partial charge in [-0.1, -0.05) is 48.5 Å². The predicted molar refractivity (Wildman–Crippen MR) is 109 cm³/mol. The average Bonchev–Trinajstić information content (AvgIpc) is 3.13. The Balaban J connectivity index is 1.78.